The number of methoxy groups -OCH3 is 1. The van der Waals surface area contributed by atoms with E-state index < -0.39 is 0 Å². The van der Waals surface area contributed by atoms with Crippen LogP contribution >= 0.6 is 0 Å². The first-order chi connectivity index (χ1) is 16.1. The summed E-state index contributed by atoms with van der Waals surface area (Å²) in [7, 11) is 1.71. The van der Waals surface area contributed by atoms with Gasteiger partial charge in [-0.25, -0.2) is 4.39 Å². The zero-order chi connectivity index (χ0) is 22.8. The number of rotatable bonds is 6. The van der Waals surface area contributed by atoms with Crippen LogP contribution in [0.2, 0.25) is 0 Å². The first-order valence-electron chi connectivity index (χ1n) is 11.5. The van der Waals surface area contributed by atoms with Gasteiger partial charge in [-0.15, -0.1) is 0 Å². The molecule has 172 valence electrons. The minimum atomic E-state index is -0.351. The second kappa shape index (κ2) is 9.35. The summed E-state index contributed by atoms with van der Waals surface area (Å²) >= 11 is 0. The molecular formula is C26H28FN3O3. The predicted molar refractivity (Wildman–Crippen MR) is 124 cm³/mol. The fraction of sp³-hybridized carbons (Fsp3) is 0.385. The topological polar surface area (TPSA) is 58.8 Å². The third-order valence-electron chi connectivity index (χ3n) is 6.79. The highest BCUT2D eigenvalue weighted by Crippen LogP contribution is 2.35. The molecule has 1 unspecified atom stereocenters. The highest BCUT2D eigenvalue weighted by Gasteiger charge is 2.34. The molecule has 2 aliphatic rings. The van der Waals surface area contributed by atoms with Crippen LogP contribution in [0.3, 0.4) is 0 Å². The molecule has 1 aliphatic carbocycles. The number of carbonyl (C=O) groups excluding carboxylic acids is 1. The van der Waals surface area contributed by atoms with E-state index in [9.17, 15) is 9.18 Å². The second-order valence-corrected chi connectivity index (χ2v) is 8.73. The minimum absolute atomic E-state index is 0.0588. The average Bonchev–Trinajstić information content (AvgIpc) is 3.29. The van der Waals surface area contributed by atoms with Gasteiger partial charge in [0.1, 0.15) is 23.0 Å². The van der Waals surface area contributed by atoms with Crippen LogP contribution in [0, 0.1) is 11.7 Å². The van der Waals surface area contributed by atoms with E-state index in [-0.39, 0.29) is 17.5 Å². The van der Waals surface area contributed by atoms with Crippen molar-refractivity contribution < 1.29 is 18.4 Å². The number of carbonyl (C=O) groups is 1. The first kappa shape index (κ1) is 21.6. The Morgan fingerprint density at radius 3 is 2.73 bits per heavy atom. The molecule has 0 spiro atoms. The molecule has 33 heavy (non-hydrogen) atoms. The lowest BCUT2D eigenvalue weighted by Crippen LogP contribution is -2.47. The van der Waals surface area contributed by atoms with E-state index >= 15 is 0 Å². The molecule has 0 radical (unpaired) electrons. The van der Waals surface area contributed by atoms with Crippen LogP contribution < -0.4 is 9.64 Å². The van der Waals surface area contributed by atoms with Gasteiger partial charge in [0.15, 0.2) is 5.78 Å². The SMILES string of the molecule is COc1ccccc1N1CCN(CCC2CCc3onc(-c4cccc(F)c4)c3C2=O)CC1. The summed E-state index contributed by atoms with van der Waals surface area (Å²) in [4.78, 5) is 18.1. The maximum Gasteiger partial charge on any atom is 0.171 e. The van der Waals surface area contributed by atoms with Crippen LogP contribution in [0.4, 0.5) is 10.1 Å². The number of Topliss-reactive ketones (excluding diaryl/α,β-unsaturated/α-hetero) is 1. The van der Waals surface area contributed by atoms with Crippen molar-refractivity contribution in [3.63, 3.8) is 0 Å². The van der Waals surface area contributed by atoms with Gasteiger partial charge >= 0.3 is 0 Å². The number of fused-ring (bicyclic) bond motifs is 1. The lowest BCUT2D eigenvalue weighted by Gasteiger charge is -2.37. The lowest BCUT2D eigenvalue weighted by molar-refractivity contribution is 0.0876. The number of anilines is 1. The maximum absolute atomic E-state index is 13.7. The summed E-state index contributed by atoms with van der Waals surface area (Å²) < 4.78 is 24.7. The highest BCUT2D eigenvalue weighted by molar-refractivity contribution is 6.04. The zero-order valence-corrected chi connectivity index (χ0v) is 18.8. The van der Waals surface area contributed by atoms with Crippen LogP contribution in [0.5, 0.6) is 5.75 Å². The van der Waals surface area contributed by atoms with Crippen molar-refractivity contribution in [2.24, 2.45) is 5.92 Å². The van der Waals surface area contributed by atoms with Crippen molar-refractivity contribution in [1.29, 1.82) is 0 Å². The van der Waals surface area contributed by atoms with Crippen LogP contribution in [0.25, 0.3) is 11.3 Å². The van der Waals surface area contributed by atoms with Crippen LogP contribution in [0.1, 0.15) is 29.0 Å². The largest absolute Gasteiger partial charge is 0.495 e. The smallest absolute Gasteiger partial charge is 0.171 e. The number of aromatic nitrogens is 1. The molecule has 1 saturated heterocycles. The Morgan fingerprint density at radius 1 is 1.12 bits per heavy atom. The zero-order valence-electron chi connectivity index (χ0n) is 18.8. The monoisotopic (exact) mass is 449 g/mol. The van der Waals surface area contributed by atoms with E-state index in [0.29, 0.717) is 29.0 Å². The number of piperazine rings is 1. The van der Waals surface area contributed by atoms with Crippen molar-refractivity contribution in [3.8, 4) is 17.0 Å². The van der Waals surface area contributed by atoms with Gasteiger partial charge in [-0.1, -0.05) is 29.4 Å². The van der Waals surface area contributed by atoms with E-state index in [1.54, 1.807) is 19.2 Å². The molecule has 1 aliphatic heterocycles. The molecule has 2 aromatic carbocycles. The number of hydrogen-bond donors (Lipinski definition) is 0. The summed E-state index contributed by atoms with van der Waals surface area (Å²) in [5.41, 5.74) is 2.72. The molecular weight excluding hydrogens is 421 g/mol. The Labute approximate surface area is 192 Å². The van der Waals surface area contributed by atoms with E-state index in [2.05, 4.69) is 21.0 Å². The number of aryl methyl sites for hydroxylation is 1. The predicted octanol–water partition coefficient (Wildman–Crippen LogP) is 4.45. The summed E-state index contributed by atoms with van der Waals surface area (Å²) in [5, 5.41) is 4.11. The van der Waals surface area contributed by atoms with Gasteiger partial charge in [0.2, 0.25) is 0 Å². The first-order valence-corrected chi connectivity index (χ1v) is 11.5. The van der Waals surface area contributed by atoms with Crippen molar-refractivity contribution >= 4 is 11.5 Å². The van der Waals surface area contributed by atoms with E-state index in [1.807, 2.05) is 18.2 Å². The van der Waals surface area contributed by atoms with Crippen molar-refractivity contribution in [1.82, 2.24) is 10.1 Å². The Hall–Kier alpha value is -3.19. The fourth-order valence-electron chi connectivity index (χ4n) is 4.94. The Kier molecular flexibility index (Phi) is 6.13. The third kappa shape index (κ3) is 4.37. The molecule has 0 N–H and O–H groups in total. The standard InChI is InChI=1S/C26H28FN3O3/c1-32-22-8-3-2-7-21(22)30-15-13-29(14-16-30)12-11-18-9-10-23-24(26(18)31)25(28-33-23)19-5-4-6-20(27)17-19/h2-8,17-18H,9-16H2,1H3. The van der Waals surface area contributed by atoms with Gasteiger partial charge in [-0.2, -0.15) is 0 Å². The highest BCUT2D eigenvalue weighted by atomic mass is 19.1. The summed E-state index contributed by atoms with van der Waals surface area (Å²) in [6, 6.07) is 14.3. The molecule has 2 heterocycles. The van der Waals surface area contributed by atoms with Crippen molar-refractivity contribution in [3.05, 3.63) is 65.7 Å². The normalized spacial score (nSPS) is 18.9. The van der Waals surface area contributed by atoms with Gasteiger partial charge in [0.25, 0.3) is 0 Å². The number of nitrogens with zero attached hydrogens (tertiary/aromatic N) is 3. The number of ether oxygens (including phenoxy) is 1. The van der Waals surface area contributed by atoms with Gasteiger partial charge < -0.3 is 14.2 Å². The van der Waals surface area contributed by atoms with Crippen LogP contribution in [-0.4, -0.2) is 55.7 Å². The summed E-state index contributed by atoms with van der Waals surface area (Å²) in [5.74, 6) is 1.19. The van der Waals surface area contributed by atoms with Gasteiger partial charge in [0, 0.05) is 44.1 Å². The van der Waals surface area contributed by atoms with Crippen molar-refractivity contribution in [2.45, 2.75) is 19.3 Å². The van der Waals surface area contributed by atoms with Crippen LogP contribution in [-0.2, 0) is 6.42 Å². The number of para-hydroxylation sites is 2. The number of ketones is 1. The molecule has 0 saturated carbocycles. The Bertz CT molecular complexity index is 1140. The molecule has 5 rings (SSSR count). The lowest BCUT2D eigenvalue weighted by atomic mass is 9.82. The summed E-state index contributed by atoms with van der Waals surface area (Å²) in [6.07, 6.45) is 2.27. The molecule has 6 nitrogen and oxygen atoms in total. The Balaban J connectivity index is 1.20. The van der Waals surface area contributed by atoms with Crippen LogP contribution in [0.15, 0.2) is 53.1 Å². The molecule has 7 heteroatoms. The van der Waals surface area contributed by atoms with Gasteiger partial charge in [-0.3, -0.25) is 9.69 Å². The average molecular weight is 450 g/mol. The van der Waals surface area contributed by atoms with Crippen molar-refractivity contribution in [2.75, 3.05) is 44.7 Å². The minimum Gasteiger partial charge on any atom is -0.495 e. The maximum atomic E-state index is 13.7. The molecule has 3 aromatic rings. The molecule has 1 aromatic heterocycles. The number of benzene rings is 2. The summed E-state index contributed by atoms with van der Waals surface area (Å²) in [6.45, 7) is 4.64. The number of halogens is 1. The second-order valence-electron chi connectivity index (χ2n) is 8.73. The third-order valence-corrected chi connectivity index (χ3v) is 6.79. The molecule has 1 fully saturated rings. The fourth-order valence-corrected chi connectivity index (χ4v) is 4.94. The number of hydrogen-bond acceptors (Lipinski definition) is 6. The Morgan fingerprint density at radius 2 is 1.94 bits per heavy atom. The van der Waals surface area contributed by atoms with Gasteiger partial charge in [-0.05, 0) is 43.7 Å². The quantitative estimate of drug-likeness (QED) is 0.554. The molecule has 0 bridgehead atoms. The molecule has 0 amide bonds. The van der Waals surface area contributed by atoms with E-state index in [1.165, 1.54) is 12.1 Å². The van der Waals surface area contributed by atoms with Gasteiger partial charge in [0.05, 0.1) is 18.4 Å². The van der Waals surface area contributed by atoms with E-state index in [0.717, 1.165) is 57.0 Å². The van der Waals surface area contributed by atoms with E-state index in [4.69, 9.17) is 9.26 Å². The molecule has 1 atom stereocenters.